The van der Waals surface area contributed by atoms with E-state index in [2.05, 4.69) is 0 Å². The lowest BCUT2D eigenvalue weighted by Crippen LogP contribution is -2.35. The molecule has 0 aliphatic heterocycles. The van der Waals surface area contributed by atoms with E-state index in [1.165, 1.54) is 29.2 Å². The lowest BCUT2D eigenvalue weighted by Gasteiger charge is -2.18. The third kappa shape index (κ3) is 3.90. The van der Waals surface area contributed by atoms with Crippen LogP contribution in [-0.4, -0.2) is 48.6 Å². The van der Waals surface area contributed by atoms with Crippen LogP contribution in [0.5, 0.6) is 0 Å². The topological polar surface area (TPSA) is 91.8 Å². The predicted octanol–water partition coefficient (Wildman–Crippen LogP) is 1.95. The van der Waals surface area contributed by atoms with Gasteiger partial charge in [-0.05, 0) is 44.0 Å². The number of benzene rings is 1. The first-order chi connectivity index (χ1) is 10.9. The van der Waals surface area contributed by atoms with Gasteiger partial charge in [0, 0.05) is 12.1 Å². The maximum absolute atomic E-state index is 12.5. The summed E-state index contributed by atoms with van der Waals surface area (Å²) in [6, 6.07) is 5.79. The van der Waals surface area contributed by atoms with Crippen molar-refractivity contribution >= 4 is 21.7 Å². The van der Waals surface area contributed by atoms with Gasteiger partial charge in [0.05, 0.1) is 10.1 Å². The molecule has 126 valence electrons. The molecule has 0 bridgehead atoms. The van der Waals surface area contributed by atoms with Gasteiger partial charge < -0.3 is 10.0 Å². The Morgan fingerprint density at radius 3 is 2.22 bits per heavy atom. The van der Waals surface area contributed by atoms with Crippen LogP contribution in [0.4, 0.5) is 0 Å². The van der Waals surface area contributed by atoms with Crippen molar-refractivity contribution in [1.82, 2.24) is 4.90 Å². The third-order valence-electron chi connectivity index (χ3n) is 4.17. The molecule has 1 N–H and O–H groups in total. The van der Waals surface area contributed by atoms with Crippen LogP contribution in [-0.2, 0) is 14.6 Å². The number of carboxylic acid groups (broad SMARTS) is 1. The van der Waals surface area contributed by atoms with Gasteiger partial charge in [-0.25, -0.2) is 8.42 Å². The number of nitrogens with zero attached hydrogens (tertiary/aromatic N) is 1. The van der Waals surface area contributed by atoms with Crippen molar-refractivity contribution in [2.24, 2.45) is 0 Å². The van der Waals surface area contributed by atoms with Gasteiger partial charge in [0.25, 0.3) is 5.91 Å². The van der Waals surface area contributed by atoms with Crippen molar-refractivity contribution in [3.63, 3.8) is 0 Å². The molecule has 1 aliphatic rings. The summed E-state index contributed by atoms with van der Waals surface area (Å²) in [7, 11) is -3.34. The fraction of sp³-hybridized carbons (Fsp3) is 0.500. The Balaban J connectivity index is 2.18. The number of carbonyl (C=O) groups excluding carboxylic acids is 1. The molecule has 0 atom stereocenters. The van der Waals surface area contributed by atoms with Crippen LogP contribution in [0.1, 0.15) is 43.0 Å². The predicted molar refractivity (Wildman–Crippen MR) is 85.1 cm³/mol. The monoisotopic (exact) mass is 339 g/mol. The highest BCUT2D eigenvalue weighted by Gasteiger charge is 2.30. The molecule has 1 fully saturated rings. The maximum atomic E-state index is 12.5. The van der Waals surface area contributed by atoms with E-state index >= 15 is 0 Å². The smallest absolute Gasteiger partial charge is 0.323 e. The molecule has 1 aliphatic carbocycles. The summed E-state index contributed by atoms with van der Waals surface area (Å²) in [5.41, 5.74) is 0.290. The number of likely N-dealkylation sites (N-methyl/N-ethyl adjacent to an activating group) is 1. The van der Waals surface area contributed by atoms with Gasteiger partial charge in [-0.2, -0.15) is 0 Å². The van der Waals surface area contributed by atoms with Crippen molar-refractivity contribution in [3.8, 4) is 0 Å². The summed E-state index contributed by atoms with van der Waals surface area (Å²) in [6.45, 7) is 1.59. The fourth-order valence-corrected chi connectivity index (χ4v) is 4.71. The third-order valence-corrected chi connectivity index (χ3v) is 6.44. The fourth-order valence-electron chi connectivity index (χ4n) is 2.85. The number of hydrogen-bond donors (Lipinski definition) is 1. The Labute approximate surface area is 136 Å². The highest BCUT2D eigenvalue weighted by molar-refractivity contribution is 7.92. The number of amides is 1. The van der Waals surface area contributed by atoms with E-state index < -0.39 is 21.7 Å². The lowest BCUT2D eigenvalue weighted by atomic mass is 10.2. The number of aliphatic carboxylic acids is 1. The van der Waals surface area contributed by atoms with Crippen LogP contribution < -0.4 is 0 Å². The standard InChI is InChI=1S/C16H21NO5S/c1-2-17(11-15(18)19)16(20)12-7-9-14(10-8-12)23(21,22)13-5-3-4-6-13/h7-10,13H,2-6,11H2,1H3,(H,18,19). The summed E-state index contributed by atoms with van der Waals surface area (Å²) < 4.78 is 25.0. The highest BCUT2D eigenvalue weighted by atomic mass is 32.2. The Morgan fingerprint density at radius 1 is 1.17 bits per heavy atom. The van der Waals surface area contributed by atoms with Gasteiger partial charge in [-0.3, -0.25) is 9.59 Å². The van der Waals surface area contributed by atoms with Gasteiger partial charge in [0.2, 0.25) is 0 Å². The first-order valence-corrected chi connectivity index (χ1v) is 9.26. The summed E-state index contributed by atoms with van der Waals surface area (Å²) in [4.78, 5) is 24.4. The highest BCUT2D eigenvalue weighted by Crippen LogP contribution is 2.29. The molecule has 0 aromatic heterocycles. The summed E-state index contributed by atoms with van der Waals surface area (Å²) >= 11 is 0. The first kappa shape index (κ1) is 17.5. The van der Waals surface area contributed by atoms with Gasteiger partial charge in [-0.1, -0.05) is 12.8 Å². The van der Waals surface area contributed by atoms with Crippen LogP contribution in [0, 0.1) is 0 Å². The Kier molecular flexibility index (Phi) is 5.41. The molecule has 1 amide bonds. The number of carbonyl (C=O) groups is 2. The van der Waals surface area contributed by atoms with Gasteiger partial charge in [-0.15, -0.1) is 0 Å². The second kappa shape index (κ2) is 7.12. The first-order valence-electron chi connectivity index (χ1n) is 7.71. The van der Waals surface area contributed by atoms with Crippen molar-refractivity contribution in [2.75, 3.05) is 13.1 Å². The zero-order valence-electron chi connectivity index (χ0n) is 13.1. The van der Waals surface area contributed by atoms with E-state index in [9.17, 15) is 18.0 Å². The molecule has 0 spiro atoms. The van der Waals surface area contributed by atoms with Crippen LogP contribution in [0.25, 0.3) is 0 Å². The van der Waals surface area contributed by atoms with Crippen LogP contribution in [0.3, 0.4) is 0 Å². The van der Waals surface area contributed by atoms with Crippen LogP contribution in [0.15, 0.2) is 29.2 Å². The number of rotatable bonds is 6. The van der Waals surface area contributed by atoms with Crippen LogP contribution in [0.2, 0.25) is 0 Å². The minimum Gasteiger partial charge on any atom is -0.480 e. The van der Waals surface area contributed by atoms with Crippen molar-refractivity contribution < 1.29 is 23.1 Å². The van der Waals surface area contributed by atoms with E-state index in [1.54, 1.807) is 6.92 Å². The molecular weight excluding hydrogens is 318 g/mol. The molecule has 0 unspecified atom stereocenters. The average molecular weight is 339 g/mol. The van der Waals surface area contributed by atoms with Crippen molar-refractivity contribution in [1.29, 1.82) is 0 Å². The van der Waals surface area contributed by atoms with Crippen molar-refractivity contribution in [2.45, 2.75) is 42.8 Å². The Hall–Kier alpha value is -1.89. The molecule has 0 radical (unpaired) electrons. The van der Waals surface area contributed by atoms with E-state index in [4.69, 9.17) is 5.11 Å². The van der Waals surface area contributed by atoms with E-state index in [-0.39, 0.29) is 23.2 Å². The summed E-state index contributed by atoms with van der Waals surface area (Å²) in [6.07, 6.45) is 3.23. The van der Waals surface area contributed by atoms with Crippen LogP contribution >= 0.6 is 0 Å². The second-order valence-corrected chi connectivity index (χ2v) is 7.92. The van der Waals surface area contributed by atoms with Gasteiger partial charge in [0.1, 0.15) is 6.54 Å². The van der Waals surface area contributed by atoms with E-state index in [0.717, 1.165) is 12.8 Å². The number of carboxylic acids is 1. The quantitative estimate of drug-likeness (QED) is 0.855. The molecule has 23 heavy (non-hydrogen) atoms. The average Bonchev–Trinajstić information content (AvgIpc) is 3.07. The Morgan fingerprint density at radius 2 is 1.74 bits per heavy atom. The zero-order valence-corrected chi connectivity index (χ0v) is 13.9. The van der Waals surface area contributed by atoms with E-state index in [0.29, 0.717) is 18.4 Å². The molecule has 2 rings (SSSR count). The number of hydrogen-bond acceptors (Lipinski definition) is 4. The van der Waals surface area contributed by atoms with Gasteiger partial charge in [0.15, 0.2) is 9.84 Å². The number of sulfone groups is 1. The largest absolute Gasteiger partial charge is 0.480 e. The molecule has 1 saturated carbocycles. The second-order valence-electron chi connectivity index (χ2n) is 5.69. The molecule has 1 aromatic carbocycles. The molecule has 0 saturated heterocycles. The summed E-state index contributed by atoms with van der Waals surface area (Å²) in [5, 5.41) is 8.48. The normalized spacial score (nSPS) is 15.5. The minimum atomic E-state index is -3.34. The summed E-state index contributed by atoms with van der Waals surface area (Å²) in [5.74, 6) is -1.50. The Bertz CT molecular complexity index is 675. The molecule has 0 heterocycles. The molecule has 6 nitrogen and oxygen atoms in total. The zero-order chi connectivity index (χ0) is 17.0. The molecule has 7 heteroatoms. The van der Waals surface area contributed by atoms with E-state index in [1.807, 2.05) is 0 Å². The van der Waals surface area contributed by atoms with Gasteiger partial charge >= 0.3 is 5.97 Å². The maximum Gasteiger partial charge on any atom is 0.323 e. The molecular formula is C16H21NO5S. The van der Waals surface area contributed by atoms with Crippen molar-refractivity contribution in [3.05, 3.63) is 29.8 Å². The lowest BCUT2D eigenvalue weighted by molar-refractivity contribution is -0.137. The molecule has 1 aromatic rings. The SMILES string of the molecule is CCN(CC(=O)O)C(=O)c1ccc(S(=O)(=O)C2CCCC2)cc1. The minimum absolute atomic E-state index is 0.224.